The van der Waals surface area contributed by atoms with Crippen LogP contribution in [0.2, 0.25) is 0 Å². The van der Waals surface area contributed by atoms with E-state index in [1.807, 2.05) is 0 Å². The number of pyridine rings is 1. The molecule has 0 saturated heterocycles. The standard InChI is InChI=1S/C22H29N5O7S/c1-5-33-22(30)24-17(4)25-34-12-11-23-20(28)14-27-16(3)9-10-19(21(27)29)26-35(31,32)18-8-6-7-15(2)13-18/h6-10,13,25-26H,4-5,11-12,14H2,1-3H3,(H,23,28)(H,24,30). The molecule has 0 aliphatic heterocycles. The number of ether oxygens (including phenoxy) is 1. The van der Waals surface area contributed by atoms with Gasteiger partial charge in [-0.3, -0.25) is 29.9 Å². The maximum Gasteiger partial charge on any atom is 0.412 e. The van der Waals surface area contributed by atoms with Gasteiger partial charge in [0.25, 0.3) is 15.6 Å². The van der Waals surface area contributed by atoms with E-state index in [4.69, 9.17) is 4.84 Å². The Kier molecular flexibility index (Phi) is 9.85. The molecule has 2 rings (SSSR count). The number of sulfonamides is 1. The molecule has 190 valence electrons. The van der Waals surface area contributed by atoms with Crippen LogP contribution in [0.3, 0.4) is 0 Å². The van der Waals surface area contributed by atoms with Gasteiger partial charge < -0.3 is 14.6 Å². The molecular weight excluding hydrogens is 478 g/mol. The lowest BCUT2D eigenvalue weighted by Gasteiger charge is -2.14. The van der Waals surface area contributed by atoms with Crippen LogP contribution >= 0.6 is 0 Å². The number of aromatic nitrogens is 1. The molecule has 0 spiro atoms. The van der Waals surface area contributed by atoms with Crippen molar-refractivity contribution >= 4 is 27.7 Å². The minimum absolute atomic E-state index is 0.0236. The molecule has 12 nitrogen and oxygen atoms in total. The van der Waals surface area contributed by atoms with Gasteiger partial charge in [-0.25, -0.2) is 13.2 Å². The van der Waals surface area contributed by atoms with E-state index >= 15 is 0 Å². The highest BCUT2D eigenvalue weighted by Crippen LogP contribution is 2.15. The summed E-state index contributed by atoms with van der Waals surface area (Å²) in [5.41, 5.74) is 2.78. The van der Waals surface area contributed by atoms with Gasteiger partial charge in [-0.15, -0.1) is 0 Å². The van der Waals surface area contributed by atoms with E-state index in [0.29, 0.717) is 5.69 Å². The van der Waals surface area contributed by atoms with Crippen molar-refractivity contribution in [3.05, 3.63) is 70.4 Å². The van der Waals surface area contributed by atoms with Crippen molar-refractivity contribution in [1.29, 1.82) is 0 Å². The number of hydrogen-bond acceptors (Lipinski definition) is 8. The van der Waals surface area contributed by atoms with Gasteiger partial charge in [0, 0.05) is 12.2 Å². The van der Waals surface area contributed by atoms with Gasteiger partial charge in [0.2, 0.25) is 5.91 Å². The molecule has 0 aliphatic carbocycles. The molecule has 0 atom stereocenters. The lowest BCUT2D eigenvalue weighted by Crippen LogP contribution is -2.37. The van der Waals surface area contributed by atoms with Crippen molar-refractivity contribution in [1.82, 2.24) is 20.7 Å². The van der Waals surface area contributed by atoms with Crippen molar-refractivity contribution in [2.24, 2.45) is 0 Å². The maximum absolute atomic E-state index is 12.9. The second kappa shape index (κ2) is 12.6. The average Bonchev–Trinajstić information content (AvgIpc) is 2.78. The van der Waals surface area contributed by atoms with Crippen LogP contribution in [0.15, 0.2) is 58.5 Å². The fourth-order valence-corrected chi connectivity index (χ4v) is 3.99. The van der Waals surface area contributed by atoms with E-state index in [-0.39, 0.29) is 42.7 Å². The Morgan fingerprint density at radius 1 is 1.14 bits per heavy atom. The number of hydroxylamine groups is 1. The SMILES string of the molecule is C=C(NOCCNC(=O)Cn1c(C)ccc(NS(=O)(=O)c2cccc(C)c2)c1=O)NC(=O)OCC. The number of anilines is 1. The molecule has 0 unspecified atom stereocenters. The zero-order valence-electron chi connectivity index (χ0n) is 19.7. The maximum atomic E-state index is 12.9. The van der Waals surface area contributed by atoms with Crippen molar-refractivity contribution in [3.8, 4) is 0 Å². The van der Waals surface area contributed by atoms with E-state index in [1.165, 1.54) is 24.3 Å². The first-order chi connectivity index (χ1) is 16.5. The first-order valence-electron chi connectivity index (χ1n) is 10.6. The van der Waals surface area contributed by atoms with Gasteiger partial charge in [-0.1, -0.05) is 18.7 Å². The second-order valence-electron chi connectivity index (χ2n) is 7.33. The third kappa shape index (κ3) is 8.46. The summed E-state index contributed by atoms with van der Waals surface area (Å²) in [4.78, 5) is 41.5. The first kappa shape index (κ1) is 27.4. The zero-order valence-corrected chi connectivity index (χ0v) is 20.5. The molecule has 0 bridgehead atoms. The number of amides is 2. The molecule has 0 radical (unpaired) electrons. The quantitative estimate of drug-likeness (QED) is 0.246. The molecule has 0 fully saturated rings. The molecule has 1 aromatic heterocycles. The van der Waals surface area contributed by atoms with Gasteiger partial charge in [0.05, 0.1) is 18.1 Å². The summed E-state index contributed by atoms with van der Waals surface area (Å²) < 4.78 is 33.5. The Morgan fingerprint density at radius 2 is 1.89 bits per heavy atom. The smallest absolute Gasteiger partial charge is 0.412 e. The molecule has 4 N–H and O–H groups in total. The highest BCUT2D eigenvalue weighted by atomic mass is 32.2. The summed E-state index contributed by atoms with van der Waals surface area (Å²) in [6.07, 6.45) is -0.689. The second-order valence-corrected chi connectivity index (χ2v) is 9.01. The fraction of sp³-hybridized carbons (Fsp3) is 0.318. The topological polar surface area (TPSA) is 157 Å². The molecule has 2 aromatic rings. The Bertz CT molecular complexity index is 1240. The molecule has 0 saturated carbocycles. The molecule has 13 heteroatoms. The number of carbonyl (C=O) groups is 2. The minimum atomic E-state index is -3.98. The van der Waals surface area contributed by atoms with Gasteiger partial charge >= 0.3 is 6.09 Å². The van der Waals surface area contributed by atoms with Crippen LogP contribution in [0.4, 0.5) is 10.5 Å². The van der Waals surface area contributed by atoms with Crippen molar-refractivity contribution in [3.63, 3.8) is 0 Å². The average molecular weight is 508 g/mol. The first-order valence-corrected chi connectivity index (χ1v) is 12.1. The number of rotatable bonds is 12. The van der Waals surface area contributed by atoms with E-state index < -0.39 is 27.6 Å². The van der Waals surface area contributed by atoms with Crippen LogP contribution in [0.25, 0.3) is 0 Å². The van der Waals surface area contributed by atoms with E-state index in [1.54, 1.807) is 32.9 Å². The number of nitrogens with zero attached hydrogens (tertiary/aromatic N) is 1. The van der Waals surface area contributed by atoms with E-state index in [0.717, 1.165) is 10.1 Å². The van der Waals surface area contributed by atoms with Gasteiger partial charge in [-0.05, 0) is 50.6 Å². The zero-order chi connectivity index (χ0) is 26.0. The molecule has 2 amide bonds. The third-order valence-corrected chi connectivity index (χ3v) is 5.85. The summed E-state index contributed by atoms with van der Waals surface area (Å²) in [7, 11) is -3.98. The number of benzene rings is 1. The number of nitrogens with one attached hydrogen (secondary N) is 4. The van der Waals surface area contributed by atoms with Gasteiger partial charge in [0.15, 0.2) is 0 Å². The Morgan fingerprint density at radius 3 is 2.57 bits per heavy atom. The molecule has 0 aliphatic rings. The van der Waals surface area contributed by atoms with Crippen LogP contribution in [0, 0.1) is 13.8 Å². The van der Waals surface area contributed by atoms with Crippen molar-refractivity contribution in [2.75, 3.05) is 24.5 Å². The normalized spacial score (nSPS) is 10.8. The van der Waals surface area contributed by atoms with E-state index in [2.05, 4.69) is 32.2 Å². The lowest BCUT2D eigenvalue weighted by molar-refractivity contribution is -0.122. The van der Waals surface area contributed by atoms with Crippen LogP contribution in [0.1, 0.15) is 18.2 Å². The van der Waals surface area contributed by atoms with E-state index in [9.17, 15) is 22.8 Å². The predicted molar refractivity (Wildman–Crippen MR) is 129 cm³/mol. The largest absolute Gasteiger partial charge is 0.450 e. The fourth-order valence-electron chi connectivity index (χ4n) is 2.83. The van der Waals surface area contributed by atoms with Crippen molar-refractivity contribution < 1.29 is 27.6 Å². The van der Waals surface area contributed by atoms with Crippen LogP contribution in [-0.2, 0) is 30.9 Å². The molecule has 1 heterocycles. The minimum Gasteiger partial charge on any atom is -0.450 e. The number of hydrogen-bond donors (Lipinski definition) is 4. The number of alkyl carbamates (subject to hydrolysis) is 1. The Hall–Kier alpha value is -3.84. The lowest BCUT2D eigenvalue weighted by atomic mass is 10.2. The summed E-state index contributed by atoms with van der Waals surface area (Å²) in [5.74, 6) is -0.428. The molecule has 35 heavy (non-hydrogen) atoms. The summed E-state index contributed by atoms with van der Waals surface area (Å²) in [6, 6.07) is 9.17. The van der Waals surface area contributed by atoms with Gasteiger partial charge in [0.1, 0.15) is 18.1 Å². The monoisotopic (exact) mass is 507 g/mol. The highest BCUT2D eigenvalue weighted by molar-refractivity contribution is 7.92. The van der Waals surface area contributed by atoms with Crippen LogP contribution < -0.4 is 26.4 Å². The van der Waals surface area contributed by atoms with Gasteiger partial charge in [-0.2, -0.15) is 0 Å². The molecule has 1 aromatic carbocycles. The third-order valence-electron chi connectivity index (χ3n) is 4.49. The van der Waals surface area contributed by atoms with Crippen LogP contribution in [0.5, 0.6) is 0 Å². The summed E-state index contributed by atoms with van der Waals surface area (Å²) >= 11 is 0. The number of aryl methyl sites for hydroxylation is 2. The molecular formula is C22H29N5O7S. The number of carbonyl (C=O) groups excluding carboxylic acids is 2. The van der Waals surface area contributed by atoms with Crippen molar-refractivity contribution in [2.45, 2.75) is 32.2 Å². The summed E-state index contributed by atoms with van der Waals surface area (Å²) in [5, 5.41) is 4.87. The summed E-state index contributed by atoms with van der Waals surface area (Å²) in [6.45, 7) is 8.56. The highest BCUT2D eigenvalue weighted by Gasteiger charge is 2.18. The van der Waals surface area contributed by atoms with Crippen LogP contribution in [-0.4, -0.2) is 44.7 Å². The predicted octanol–water partition coefficient (Wildman–Crippen LogP) is 1.12. The Labute approximate surface area is 203 Å². The Balaban J connectivity index is 1.92.